The first-order chi connectivity index (χ1) is 13.7. The van der Waals surface area contributed by atoms with Crippen LogP contribution in [0.25, 0.3) is 5.57 Å². The predicted molar refractivity (Wildman–Crippen MR) is 117 cm³/mol. The summed E-state index contributed by atoms with van der Waals surface area (Å²) in [7, 11) is 0. The summed E-state index contributed by atoms with van der Waals surface area (Å²) in [5, 5.41) is 2.78. The number of nitrogens with one attached hydrogen (secondary N) is 1. The summed E-state index contributed by atoms with van der Waals surface area (Å²) >= 11 is 0. The summed E-state index contributed by atoms with van der Waals surface area (Å²) in [6.45, 7) is 8.31. The Morgan fingerprint density at radius 3 is 2.54 bits per heavy atom. The minimum atomic E-state index is -0.301. The Kier molecular flexibility index (Phi) is 11.2. The van der Waals surface area contributed by atoms with Gasteiger partial charge in [0.05, 0.1) is 6.42 Å². The average Bonchev–Trinajstić information content (AvgIpc) is 2.76. The van der Waals surface area contributed by atoms with Gasteiger partial charge in [0.25, 0.3) is 0 Å². The van der Waals surface area contributed by atoms with Crippen molar-refractivity contribution in [2.75, 3.05) is 0 Å². The van der Waals surface area contributed by atoms with Gasteiger partial charge in [-0.25, -0.2) is 4.39 Å². The van der Waals surface area contributed by atoms with E-state index in [1.165, 1.54) is 17.7 Å². The Morgan fingerprint density at radius 2 is 1.93 bits per heavy atom. The topological polar surface area (TPSA) is 42.0 Å². The van der Waals surface area contributed by atoms with Crippen LogP contribution in [-0.4, -0.2) is 10.9 Å². The number of rotatable bonds is 5. The highest BCUT2D eigenvalue weighted by Crippen LogP contribution is 2.20. The zero-order valence-electron chi connectivity index (χ0n) is 17.3. The number of benzene rings is 1. The Labute approximate surface area is 169 Å². The molecule has 0 fully saturated rings. The van der Waals surface area contributed by atoms with Crippen molar-refractivity contribution in [1.29, 1.82) is 0 Å². The lowest BCUT2D eigenvalue weighted by Gasteiger charge is -2.08. The molecule has 4 heteroatoms. The van der Waals surface area contributed by atoms with Crippen LogP contribution in [0, 0.1) is 5.82 Å². The molecule has 0 radical (unpaired) electrons. The van der Waals surface area contributed by atoms with E-state index in [1.807, 2.05) is 39.8 Å². The standard InChI is InChI=1S/C20H19FN2O.2C2H6.H2/c21-18-8-4-5-15(11-18)13-23-20(24)12-19-10-9-17(14-22-19)16-6-2-1-3-7-16;2*1-2;/h2,4-11,14H,1,3,12-13H2,(H,23,24);2*1-2H3;1H. The average molecular weight is 385 g/mol. The molecule has 1 aromatic carbocycles. The second-order valence-electron chi connectivity index (χ2n) is 5.76. The van der Waals surface area contributed by atoms with Crippen molar-refractivity contribution in [3.63, 3.8) is 0 Å². The fraction of sp³-hybridized carbons (Fsp3) is 0.333. The molecule has 3 rings (SSSR count). The third kappa shape index (κ3) is 7.87. The second kappa shape index (κ2) is 13.4. The van der Waals surface area contributed by atoms with Crippen LogP contribution in [0.15, 0.2) is 60.8 Å². The first-order valence-electron chi connectivity index (χ1n) is 10.0. The number of pyridine rings is 1. The Morgan fingerprint density at radius 1 is 1.14 bits per heavy atom. The predicted octanol–water partition coefficient (Wildman–Crippen LogP) is 6.11. The number of halogens is 1. The molecule has 0 aliphatic heterocycles. The van der Waals surface area contributed by atoms with Crippen LogP contribution in [0.3, 0.4) is 0 Å². The van der Waals surface area contributed by atoms with Gasteiger partial charge in [-0.05, 0) is 47.7 Å². The monoisotopic (exact) mass is 384 g/mol. The molecule has 0 atom stereocenters. The number of nitrogens with zero attached hydrogens (tertiary/aromatic N) is 1. The van der Waals surface area contributed by atoms with Crippen molar-refractivity contribution in [1.82, 2.24) is 10.3 Å². The summed E-state index contributed by atoms with van der Waals surface area (Å²) < 4.78 is 13.1. The first-order valence-corrected chi connectivity index (χ1v) is 10.0. The molecule has 1 amide bonds. The van der Waals surface area contributed by atoms with Gasteiger partial charge in [-0.2, -0.15) is 0 Å². The van der Waals surface area contributed by atoms with Gasteiger partial charge in [-0.1, -0.05) is 64.1 Å². The number of allylic oxidation sites excluding steroid dienone is 4. The molecule has 0 bridgehead atoms. The Hall–Kier alpha value is -2.75. The quantitative estimate of drug-likeness (QED) is 0.675. The molecule has 0 saturated heterocycles. The fourth-order valence-electron chi connectivity index (χ4n) is 2.60. The van der Waals surface area contributed by atoms with Gasteiger partial charge < -0.3 is 5.32 Å². The van der Waals surface area contributed by atoms with Gasteiger partial charge in [0.2, 0.25) is 5.91 Å². The third-order valence-electron chi connectivity index (χ3n) is 3.87. The van der Waals surface area contributed by atoms with Gasteiger partial charge in [0, 0.05) is 19.9 Å². The largest absolute Gasteiger partial charge is 0.352 e. The maximum atomic E-state index is 13.1. The molecule has 1 N–H and O–H groups in total. The van der Waals surface area contributed by atoms with E-state index in [-0.39, 0.29) is 19.6 Å². The lowest BCUT2D eigenvalue weighted by molar-refractivity contribution is -0.120. The molecular weight excluding hydrogens is 351 g/mol. The van der Waals surface area contributed by atoms with Crippen molar-refractivity contribution in [3.05, 3.63) is 83.5 Å². The van der Waals surface area contributed by atoms with E-state index >= 15 is 0 Å². The highest BCUT2D eigenvalue weighted by atomic mass is 19.1. The van der Waals surface area contributed by atoms with E-state index in [0.29, 0.717) is 6.54 Å². The molecule has 3 nitrogen and oxygen atoms in total. The van der Waals surface area contributed by atoms with Gasteiger partial charge in [0.1, 0.15) is 5.82 Å². The summed E-state index contributed by atoms with van der Waals surface area (Å²) in [6, 6.07) is 10.1. The number of hydrogen-bond donors (Lipinski definition) is 1. The van der Waals surface area contributed by atoms with Crippen molar-refractivity contribution in [3.8, 4) is 0 Å². The minimum Gasteiger partial charge on any atom is -0.352 e. The van der Waals surface area contributed by atoms with Crippen LogP contribution in [-0.2, 0) is 17.8 Å². The van der Waals surface area contributed by atoms with Crippen molar-refractivity contribution < 1.29 is 10.6 Å². The van der Waals surface area contributed by atoms with Crippen LogP contribution >= 0.6 is 0 Å². The summed E-state index contributed by atoms with van der Waals surface area (Å²) in [6.07, 6.45) is 10.6. The third-order valence-corrected chi connectivity index (χ3v) is 3.87. The zero-order valence-corrected chi connectivity index (χ0v) is 17.3. The van der Waals surface area contributed by atoms with E-state index in [2.05, 4.69) is 28.5 Å². The van der Waals surface area contributed by atoms with Gasteiger partial charge >= 0.3 is 0 Å². The van der Waals surface area contributed by atoms with E-state index in [0.717, 1.165) is 29.7 Å². The van der Waals surface area contributed by atoms with Gasteiger partial charge in [-0.15, -0.1) is 0 Å². The summed E-state index contributed by atoms with van der Waals surface area (Å²) in [5.74, 6) is -0.429. The zero-order chi connectivity index (χ0) is 20.8. The number of carbonyl (C=O) groups is 1. The lowest BCUT2D eigenvalue weighted by atomic mass is 10.0. The molecule has 0 unspecified atom stereocenters. The maximum Gasteiger partial charge on any atom is 0.226 e. The van der Waals surface area contributed by atoms with Gasteiger partial charge in [-0.3, -0.25) is 9.78 Å². The smallest absolute Gasteiger partial charge is 0.226 e. The lowest BCUT2D eigenvalue weighted by Crippen LogP contribution is -2.24. The van der Waals surface area contributed by atoms with Crippen LogP contribution < -0.4 is 5.32 Å². The van der Waals surface area contributed by atoms with E-state index in [4.69, 9.17) is 0 Å². The van der Waals surface area contributed by atoms with E-state index in [1.54, 1.807) is 18.3 Å². The minimum absolute atomic E-state index is 0. The Balaban J connectivity index is 0.00000148. The molecule has 152 valence electrons. The molecule has 1 heterocycles. The summed E-state index contributed by atoms with van der Waals surface area (Å²) in [5.41, 5.74) is 3.70. The normalized spacial score (nSPS) is 12.0. The summed E-state index contributed by atoms with van der Waals surface area (Å²) in [4.78, 5) is 16.4. The van der Waals surface area contributed by atoms with Crippen LogP contribution in [0.4, 0.5) is 4.39 Å². The first kappa shape index (κ1) is 23.3. The highest BCUT2D eigenvalue weighted by Gasteiger charge is 2.07. The SMILES string of the molecule is CC.CC.O=C(Cc1ccc(C2=CCCC=C2)cn1)NCc1cccc(F)c1.[HH]. The highest BCUT2D eigenvalue weighted by molar-refractivity contribution is 5.78. The molecule has 1 aliphatic rings. The molecule has 2 aromatic rings. The van der Waals surface area contributed by atoms with Gasteiger partial charge in [0.15, 0.2) is 0 Å². The molecule has 0 spiro atoms. The van der Waals surface area contributed by atoms with Crippen molar-refractivity contribution >= 4 is 11.5 Å². The van der Waals surface area contributed by atoms with Crippen LogP contribution in [0.5, 0.6) is 0 Å². The van der Waals surface area contributed by atoms with Crippen molar-refractivity contribution in [2.45, 2.75) is 53.5 Å². The fourth-order valence-corrected chi connectivity index (χ4v) is 2.60. The Bertz CT molecular complexity index is 786. The molecule has 1 aliphatic carbocycles. The second-order valence-corrected chi connectivity index (χ2v) is 5.76. The maximum absolute atomic E-state index is 13.1. The molecular formula is C24H33FN2O. The molecule has 0 saturated carbocycles. The molecule has 1 aromatic heterocycles. The van der Waals surface area contributed by atoms with E-state index in [9.17, 15) is 9.18 Å². The molecule has 28 heavy (non-hydrogen) atoms. The van der Waals surface area contributed by atoms with Crippen LogP contribution in [0.1, 0.15) is 58.8 Å². The van der Waals surface area contributed by atoms with Crippen molar-refractivity contribution in [2.24, 2.45) is 0 Å². The number of hydrogen-bond acceptors (Lipinski definition) is 2. The number of carbonyl (C=O) groups excluding carboxylic acids is 1. The number of amides is 1. The number of aromatic nitrogens is 1. The van der Waals surface area contributed by atoms with Crippen LogP contribution in [0.2, 0.25) is 0 Å². The van der Waals surface area contributed by atoms with E-state index < -0.39 is 0 Å².